The zero-order valence-corrected chi connectivity index (χ0v) is 27.4. The molecule has 0 heterocycles. The summed E-state index contributed by atoms with van der Waals surface area (Å²) in [6.07, 6.45) is 9.76. The van der Waals surface area contributed by atoms with E-state index in [1.54, 1.807) is 19.1 Å². The summed E-state index contributed by atoms with van der Waals surface area (Å²) in [4.78, 5) is 36.5. The highest BCUT2D eigenvalue weighted by molar-refractivity contribution is 5.92. The van der Waals surface area contributed by atoms with Crippen molar-refractivity contribution in [2.45, 2.75) is 97.5 Å². The lowest BCUT2D eigenvalue weighted by atomic mass is 10.0. The van der Waals surface area contributed by atoms with E-state index in [2.05, 4.69) is 6.92 Å². The van der Waals surface area contributed by atoms with Crippen LogP contribution in [0.25, 0.3) is 11.1 Å². The topological polar surface area (TPSA) is 88.1 Å². The van der Waals surface area contributed by atoms with Crippen LogP contribution in [-0.4, -0.2) is 37.2 Å². The minimum absolute atomic E-state index is 0.000700. The van der Waals surface area contributed by atoms with Gasteiger partial charge in [-0.05, 0) is 99.4 Å². The molecule has 0 saturated carbocycles. The molecule has 8 heteroatoms. The molecule has 0 bridgehead atoms. The van der Waals surface area contributed by atoms with Crippen LogP contribution in [0.5, 0.6) is 11.5 Å². The number of esters is 3. The number of halogens is 1. The average molecular weight is 635 g/mol. The minimum atomic E-state index is -0.807. The first kappa shape index (κ1) is 36.3. The van der Waals surface area contributed by atoms with E-state index in [-0.39, 0.29) is 23.4 Å². The predicted molar refractivity (Wildman–Crippen MR) is 177 cm³/mol. The number of rotatable bonds is 20. The van der Waals surface area contributed by atoms with Crippen LogP contribution >= 0.6 is 0 Å². The van der Waals surface area contributed by atoms with E-state index in [0.717, 1.165) is 87.2 Å². The maximum absolute atomic E-state index is 14.7. The monoisotopic (exact) mass is 634 g/mol. The van der Waals surface area contributed by atoms with Gasteiger partial charge in [-0.2, -0.15) is 0 Å². The molecule has 0 aromatic heterocycles. The number of carbonyl (C=O) groups excluding carboxylic acids is 3. The van der Waals surface area contributed by atoms with Crippen molar-refractivity contribution in [2.75, 3.05) is 13.2 Å². The fraction of sp³-hybridized carbons (Fsp3) is 0.447. The normalized spacial score (nSPS) is 11.5. The summed E-state index contributed by atoms with van der Waals surface area (Å²) < 4.78 is 36.5. The Morgan fingerprint density at radius 3 is 1.98 bits per heavy atom. The van der Waals surface area contributed by atoms with Crippen molar-refractivity contribution in [3.05, 3.63) is 83.7 Å². The highest BCUT2D eigenvalue weighted by Gasteiger charge is 2.18. The summed E-state index contributed by atoms with van der Waals surface area (Å²) in [5.41, 5.74) is 1.99. The van der Waals surface area contributed by atoms with Crippen molar-refractivity contribution in [1.82, 2.24) is 0 Å². The SMILES string of the molecule is CCCCCC[C@H](C)OC(=O)c1ccc(OC(=O)c2ccc(-c3ccc(OCCCCCCOC(=O)CCC)cc3)cc2)cc1F. The lowest BCUT2D eigenvalue weighted by Crippen LogP contribution is -2.16. The molecule has 0 amide bonds. The van der Waals surface area contributed by atoms with E-state index in [1.165, 1.54) is 12.1 Å². The maximum atomic E-state index is 14.7. The first-order chi connectivity index (χ1) is 22.3. The molecule has 0 saturated heterocycles. The summed E-state index contributed by atoms with van der Waals surface area (Å²) in [6.45, 7) is 6.99. The van der Waals surface area contributed by atoms with Gasteiger partial charge in [-0.3, -0.25) is 4.79 Å². The van der Waals surface area contributed by atoms with E-state index < -0.39 is 17.8 Å². The van der Waals surface area contributed by atoms with Crippen molar-refractivity contribution >= 4 is 17.9 Å². The molecule has 3 aromatic rings. The van der Waals surface area contributed by atoms with Crippen molar-refractivity contribution < 1.29 is 37.7 Å². The van der Waals surface area contributed by atoms with Crippen LogP contribution in [0.4, 0.5) is 4.39 Å². The Labute approximate surface area is 272 Å². The average Bonchev–Trinajstić information content (AvgIpc) is 3.05. The van der Waals surface area contributed by atoms with Crippen LogP contribution in [0.1, 0.15) is 112 Å². The number of benzene rings is 3. The molecule has 0 aliphatic carbocycles. The van der Waals surface area contributed by atoms with E-state index in [0.29, 0.717) is 25.2 Å². The first-order valence-electron chi connectivity index (χ1n) is 16.5. The third kappa shape index (κ3) is 12.7. The second-order valence-electron chi connectivity index (χ2n) is 11.4. The quantitative estimate of drug-likeness (QED) is 0.0695. The molecule has 0 unspecified atom stereocenters. The Balaban J connectivity index is 1.42. The third-order valence-electron chi connectivity index (χ3n) is 7.48. The molecule has 248 valence electrons. The number of carbonyl (C=O) groups is 3. The van der Waals surface area contributed by atoms with Gasteiger partial charge in [-0.15, -0.1) is 0 Å². The van der Waals surface area contributed by atoms with E-state index in [1.807, 2.05) is 43.3 Å². The van der Waals surface area contributed by atoms with Crippen molar-refractivity contribution in [3.8, 4) is 22.6 Å². The van der Waals surface area contributed by atoms with Crippen LogP contribution < -0.4 is 9.47 Å². The second-order valence-corrected chi connectivity index (χ2v) is 11.4. The molecule has 3 rings (SSSR count). The molecule has 0 N–H and O–H groups in total. The van der Waals surface area contributed by atoms with Crippen LogP contribution in [0.3, 0.4) is 0 Å². The van der Waals surface area contributed by atoms with Gasteiger partial charge in [0.05, 0.1) is 30.4 Å². The third-order valence-corrected chi connectivity index (χ3v) is 7.48. The van der Waals surface area contributed by atoms with Crippen LogP contribution in [0.2, 0.25) is 0 Å². The Kier molecular flexibility index (Phi) is 15.8. The lowest BCUT2D eigenvalue weighted by Gasteiger charge is -2.14. The molecule has 0 spiro atoms. The summed E-state index contributed by atoms with van der Waals surface area (Å²) in [5, 5.41) is 0. The highest BCUT2D eigenvalue weighted by Crippen LogP contribution is 2.24. The van der Waals surface area contributed by atoms with E-state index >= 15 is 0 Å². The van der Waals surface area contributed by atoms with Gasteiger partial charge in [0.2, 0.25) is 0 Å². The molecule has 1 atom stereocenters. The first-order valence-corrected chi connectivity index (χ1v) is 16.5. The zero-order chi connectivity index (χ0) is 33.1. The van der Waals surface area contributed by atoms with Crippen LogP contribution in [-0.2, 0) is 14.3 Å². The fourth-order valence-corrected chi connectivity index (χ4v) is 4.81. The van der Waals surface area contributed by atoms with Crippen molar-refractivity contribution in [1.29, 1.82) is 0 Å². The zero-order valence-electron chi connectivity index (χ0n) is 27.4. The van der Waals surface area contributed by atoms with Gasteiger partial charge in [0.15, 0.2) is 0 Å². The number of unbranched alkanes of at least 4 members (excludes halogenated alkanes) is 6. The van der Waals surface area contributed by atoms with Gasteiger partial charge in [0.1, 0.15) is 17.3 Å². The summed E-state index contributed by atoms with van der Waals surface area (Å²) in [7, 11) is 0. The Hall–Kier alpha value is -4.20. The molecular formula is C38H47FO7. The summed E-state index contributed by atoms with van der Waals surface area (Å²) in [5.74, 6) is -1.52. The Bertz CT molecular complexity index is 1370. The molecule has 3 aromatic carbocycles. The van der Waals surface area contributed by atoms with Crippen LogP contribution in [0, 0.1) is 5.82 Å². The summed E-state index contributed by atoms with van der Waals surface area (Å²) >= 11 is 0. The number of ether oxygens (including phenoxy) is 4. The van der Waals surface area contributed by atoms with Gasteiger partial charge >= 0.3 is 17.9 Å². The molecule has 0 aliphatic rings. The summed E-state index contributed by atoms with van der Waals surface area (Å²) in [6, 6.07) is 18.3. The smallest absolute Gasteiger partial charge is 0.343 e. The Morgan fingerprint density at radius 1 is 0.696 bits per heavy atom. The van der Waals surface area contributed by atoms with Gasteiger partial charge in [0, 0.05) is 12.5 Å². The standard InChI is InChI=1S/C38H47FO7/c1-4-6-7-10-14-28(3)45-38(42)34-24-23-33(27-35(34)39)46-37(41)31-17-15-29(16-18-31)30-19-21-32(22-20-30)43-25-11-8-9-12-26-44-36(40)13-5-2/h15-24,27-28H,4-14,25-26H2,1-3H3/t28-/m0/s1. The number of hydrogen-bond acceptors (Lipinski definition) is 7. The fourth-order valence-electron chi connectivity index (χ4n) is 4.81. The van der Waals surface area contributed by atoms with Gasteiger partial charge < -0.3 is 18.9 Å². The lowest BCUT2D eigenvalue weighted by molar-refractivity contribution is -0.143. The molecule has 0 aliphatic heterocycles. The minimum Gasteiger partial charge on any atom is -0.494 e. The molecular weight excluding hydrogens is 587 g/mol. The highest BCUT2D eigenvalue weighted by atomic mass is 19.1. The Morgan fingerprint density at radius 2 is 1.33 bits per heavy atom. The molecule has 0 radical (unpaired) electrons. The molecule has 7 nitrogen and oxygen atoms in total. The van der Waals surface area contributed by atoms with Crippen LogP contribution in [0.15, 0.2) is 66.7 Å². The van der Waals surface area contributed by atoms with Gasteiger partial charge in [-0.1, -0.05) is 57.4 Å². The van der Waals surface area contributed by atoms with E-state index in [4.69, 9.17) is 18.9 Å². The second kappa shape index (κ2) is 20.0. The van der Waals surface area contributed by atoms with E-state index in [9.17, 15) is 18.8 Å². The predicted octanol–water partition coefficient (Wildman–Crippen LogP) is 9.51. The molecule has 46 heavy (non-hydrogen) atoms. The largest absolute Gasteiger partial charge is 0.494 e. The number of hydrogen-bond donors (Lipinski definition) is 0. The molecule has 0 fully saturated rings. The van der Waals surface area contributed by atoms with Crippen molar-refractivity contribution in [2.24, 2.45) is 0 Å². The maximum Gasteiger partial charge on any atom is 0.343 e. The van der Waals surface area contributed by atoms with Gasteiger partial charge in [0.25, 0.3) is 0 Å². The van der Waals surface area contributed by atoms with Crippen molar-refractivity contribution in [3.63, 3.8) is 0 Å². The van der Waals surface area contributed by atoms with Gasteiger partial charge in [-0.25, -0.2) is 14.0 Å².